The first-order chi connectivity index (χ1) is 8.63. The largest absolute Gasteiger partial charge is 0.496 e. The third-order valence-corrected chi connectivity index (χ3v) is 4.06. The predicted octanol–water partition coefficient (Wildman–Crippen LogP) is 2.14. The van der Waals surface area contributed by atoms with Gasteiger partial charge >= 0.3 is 0 Å². The fourth-order valence-corrected chi connectivity index (χ4v) is 2.90. The summed E-state index contributed by atoms with van der Waals surface area (Å²) in [7, 11) is 5.92. The molecule has 2 rings (SSSR count). The van der Waals surface area contributed by atoms with E-state index in [9.17, 15) is 0 Å². The summed E-state index contributed by atoms with van der Waals surface area (Å²) >= 11 is 0. The van der Waals surface area contributed by atoms with Crippen LogP contribution in [0.15, 0.2) is 18.2 Å². The van der Waals surface area contributed by atoms with Gasteiger partial charge in [0.2, 0.25) is 0 Å². The minimum atomic E-state index is 0.160. The maximum Gasteiger partial charge on any atom is 0.127 e. The highest BCUT2D eigenvalue weighted by atomic mass is 16.5. The van der Waals surface area contributed by atoms with Crippen molar-refractivity contribution in [1.29, 1.82) is 0 Å². The van der Waals surface area contributed by atoms with Gasteiger partial charge in [-0.2, -0.15) is 0 Å². The second-order valence-corrected chi connectivity index (χ2v) is 5.57. The molecule has 0 radical (unpaired) electrons. The number of nitrogens with two attached hydrogens (primary N) is 1. The molecule has 0 aromatic heterocycles. The van der Waals surface area contributed by atoms with Crippen molar-refractivity contribution in [2.45, 2.75) is 31.2 Å². The average Bonchev–Trinajstić information content (AvgIpc) is 2.28. The van der Waals surface area contributed by atoms with Crippen LogP contribution in [-0.4, -0.2) is 32.6 Å². The van der Waals surface area contributed by atoms with Gasteiger partial charge in [0.1, 0.15) is 5.75 Å². The number of benzene rings is 1. The minimum absolute atomic E-state index is 0.160. The van der Waals surface area contributed by atoms with E-state index in [1.807, 2.05) is 0 Å². The standard InChI is InChI=1S/C15H24N2O/c1-17(2)10-12-6-4-7-13(14(12)18-3)15(11-16)8-5-9-15/h4,6-7H,5,8-11,16H2,1-3H3. The van der Waals surface area contributed by atoms with Crippen LogP contribution in [0.5, 0.6) is 5.75 Å². The molecule has 3 heteroatoms. The van der Waals surface area contributed by atoms with Crippen LogP contribution >= 0.6 is 0 Å². The van der Waals surface area contributed by atoms with Crippen LogP contribution in [0.2, 0.25) is 0 Å². The molecule has 1 saturated carbocycles. The molecule has 0 saturated heterocycles. The fourth-order valence-electron chi connectivity index (χ4n) is 2.90. The van der Waals surface area contributed by atoms with Crippen molar-refractivity contribution in [3.05, 3.63) is 29.3 Å². The van der Waals surface area contributed by atoms with Gasteiger partial charge in [-0.15, -0.1) is 0 Å². The molecule has 0 unspecified atom stereocenters. The molecule has 0 amide bonds. The molecule has 0 aliphatic heterocycles. The molecule has 1 fully saturated rings. The third-order valence-electron chi connectivity index (χ3n) is 4.06. The molecule has 18 heavy (non-hydrogen) atoms. The summed E-state index contributed by atoms with van der Waals surface area (Å²) in [5.74, 6) is 1.04. The van der Waals surface area contributed by atoms with Gasteiger partial charge in [0, 0.05) is 29.6 Å². The quantitative estimate of drug-likeness (QED) is 0.867. The molecule has 1 aliphatic carbocycles. The van der Waals surface area contributed by atoms with E-state index < -0.39 is 0 Å². The van der Waals surface area contributed by atoms with Gasteiger partial charge in [-0.3, -0.25) is 0 Å². The Kier molecular flexibility index (Phi) is 3.93. The van der Waals surface area contributed by atoms with E-state index in [0.717, 1.165) is 18.8 Å². The Morgan fingerprint density at radius 3 is 2.50 bits per heavy atom. The molecular weight excluding hydrogens is 224 g/mol. The van der Waals surface area contributed by atoms with Crippen LogP contribution < -0.4 is 10.5 Å². The van der Waals surface area contributed by atoms with E-state index in [1.165, 1.54) is 30.4 Å². The molecule has 1 aromatic rings. The van der Waals surface area contributed by atoms with Crippen molar-refractivity contribution in [2.24, 2.45) is 5.73 Å². The van der Waals surface area contributed by atoms with Gasteiger partial charge in [-0.1, -0.05) is 24.6 Å². The lowest BCUT2D eigenvalue weighted by Crippen LogP contribution is -2.42. The number of rotatable bonds is 5. The zero-order valence-electron chi connectivity index (χ0n) is 11.7. The maximum atomic E-state index is 6.01. The van der Waals surface area contributed by atoms with Gasteiger partial charge < -0.3 is 15.4 Å². The summed E-state index contributed by atoms with van der Waals surface area (Å²) in [5, 5.41) is 0. The molecule has 0 heterocycles. The average molecular weight is 248 g/mol. The first-order valence-corrected chi connectivity index (χ1v) is 6.64. The van der Waals surface area contributed by atoms with Crippen molar-refractivity contribution >= 4 is 0 Å². The monoisotopic (exact) mass is 248 g/mol. The van der Waals surface area contributed by atoms with Crippen molar-refractivity contribution in [1.82, 2.24) is 4.90 Å². The van der Waals surface area contributed by atoms with Gasteiger partial charge in [-0.25, -0.2) is 0 Å². The minimum Gasteiger partial charge on any atom is -0.496 e. The summed E-state index contributed by atoms with van der Waals surface area (Å²) in [6, 6.07) is 6.46. The Labute approximate surface area is 110 Å². The molecule has 0 atom stereocenters. The van der Waals surface area contributed by atoms with Crippen LogP contribution in [0.4, 0.5) is 0 Å². The lowest BCUT2D eigenvalue weighted by atomic mass is 9.64. The number of methoxy groups -OCH3 is 1. The first kappa shape index (κ1) is 13.4. The summed E-state index contributed by atoms with van der Waals surface area (Å²) in [4.78, 5) is 2.16. The topological polar surface area (TPSA) is 38.5 Å². The van der Waals surface area contributed by atoms with Crippen molar-refractivity contribution in [2.75, 3.05) is 27.7 Å². The molecule has 3 nitrogen and oxygen atoms in total. The Bertz CT molecular complexity index is 405. The zero-order valence-corrected chi connectivity index (χ0v) is 11.7. The second kappa shape index (κ2) is 5.29. The van der Waals surface area contributed by atoms with Crippen LogP contribution in [0.3, 0.4) is 0 Å². The zero-order chi connectivity index (χ0) is 13.2. The van der Waals surface area contributed by atoms with E-state index in [4.69, 9.17) is 10.5 Å². The van der Waals surface area contributed by atoms with Gasteiger partial charge in [0.25, 0.3) is 0 Å². The highest BCUT2D eigenvalue weighted by Gasteiger charge is 2.39. The Morgan fingerprint density at radius 2 is 2.06 bits per heavy atom. The first-order valence-electron chi connectivity index (χ1n) is 6.64. The van der Waals surface area contributed by atoms with E-state index in [1.54, 1.807) is 7.11 Å². The molecule has 0 bridgehead atoms. The van der Waals surface area contributed by atoms with Crippen molar-refractivity contribution < 1.29 is 4.74 Å². The molecule has 1 aromatic carbocycles. The highest BCUT2D eigenvalue weighted by Crippen LogP contribution is 2.47. The van der Waals surface area contributed by atoms with Crippen molar-refractivity contribution in [3.63, 3.8) is 0 Å². The number of para-hydroxylation sites is 1. The molecule has 2 N–H and O–H groups in total. The SMILES string of the molecule is COc1c(CN(C)C)cccc1C1(CN)CCC1. The van der Waals surface area contributed by atoms with E-state index in [-0.39, 0.29) is 5.41 Å². The molecule has 1 aliphatic rings. The van der Waals surface area contributed by atoms with Crippen molar-refractivity contribution in [3.8, 4) is 5.75 Å². The van der Waals surface area contributed by atoms with Gasteiger partial charge in [0.05, 0.1) is 7.11 Å². The fraction of sp³-hybridized carbons (Fsp3) is 0.600. The van der Waals surface area contributed by atoms with Gasteiger partial charge in [0.15, 0.2) is 0 Å². The second-order valence-electron chi connectivity index (χ2n) is 5.57. The van der Waals surface area contributed by atoms with E-state index in [2.05, 4.69) is 37.2 Å². The molecular formula is C15H24N2O. The molecule has 100 valence electrons. The summed E-state index contributed by atoms with van der Waals surface area (Å²) in [5.41, 5.74) is 8.72. The van der Waals surface area contributed by atoms with Crippen LogP contribution in [0, 0.1) is 0 Å². The third kappa shape index (κ3) is 2.25. The summed E-state index contributed by atoms with van der Waals surface area (Å²) in [6.45, 7) is 1.62. The van der Waals surface area contributed by atoms with Crippen LogP contribution in [0.25, 0.3) is 0 Å². The number of hydrogen-bond donors (Lipinski definition) is 1. The smallest absolute Gasteiger partial charge is 0.127 e. The number of hydrogen-bond acceptors (Lipinski definition) is 3. The van der Waals surface area contributed by atoms with E-state index >= 15 is 0 Å². The maximum absolute atomic E-state index is 6.01. The lowest BCUT2D eigenvalue weighted by Gasteiger charge is -2.42. The summed E-state index contributed by atoms with van der Waals surface area (Å²) < 4.78 is 5.68. The molecule has 0 spiro atoms. The Balaban J connectivity index is 2.41. The predicted molar refractivity (Wildman–Crippen MR) is 75.0 cm³/mol. The van der Waals surface area contributed by atoms with E-state index in [0.29, 0.717) is 0 Å². The van der Waals surface area contributed by atoms with Gasteiger partial charge in [-0.05, 0) is 26.9 Å². The highest BCUT2D eigenvalue weighted by molar-refractivity contribution is 5.47. The Hall–Kier alpha value is -1.06. The lowest BCUT2D eigenvalue weighted by molar-refractivity contribution is 0.242. The van der Waals surface area contributed by atoms with Crippen LogP contribution in [-0.2, 0) is 12.0 Å². The normalized spacial score (nSPS) is 17.6. The number of ether oxygens (including phenoxy) is 1. The van der Waals surface area contributed by atoms with Crippen LogP contribution in [0.1, 0.15) is 30.4 Å². The summed E-state index contributed by atoms with van der Waals surface area (Å²) in [6.07, 6.45) is 3.65. The Morgan fingerprint density at radius 1 is 1.33 bits per heavy atom. The number of nitrogens with zero attached hydrogens (tertiary/aromatic N) is 1.